The van der Waals surface area contributed by atoms with E-state index >= 15 is 0 Å². The number of rotatable bonds is 3. The van der Waals surface area contributed by atoms with Gasteiger partial charge in [0.15, 0.2) is 5.11 Å². The number of carbonyl (C=O) groups excluding carboxylic acids is 1. The van der Waals surface area contributed by atoms with Crippen LogP contribution in [0.3, 0.4) is 0 Å². The lowest BCUT2D eigenvalue weighted by Gasteiger charge is -2.11. The highest BCUT2D eigenvalue weighted by Crippen LogP contribution is 2.15. The van der Waals surface area contributed by atoms with Gasteiger partial charge >= 0.3 is 0 Å². The zero-order valence-corrected chi connectivity index (χ0v) is 13.8. The van der Waals surface area contributed by atoms with Crippen molar-refractivity contribution in [1.29, 1.82) is 5.26 Å². The lowest BCUT2D eigenvalue weighted by atomic mass is 10.0. The second-order valence-electron chi connectivity index (χ2n) is 5.34. The molecule has 4 nitrogen and oxygen atoms in total. The molecule has 2 rings (SSSR count). The Morgan fingerprint density at radius 3 is 2.39 bits per heavy atom. The molecule has 0 fully saturated rings. The fraction of sp³-hybridized carbons (Fsp3) is 0.167. The molecule has 2 aromatic rings. The Kier molecular flexibility index (Phi) is 5.45. The van der Waals surface area contributed by atoms with Gasteiger partial charge in [-0.2, -0.15) is 5.26 Å². The Bertz CT molecular complexity index is 761. The summed E-state index contributed by atoms with van der Waals surface area (Å²) >= 11 is 5.13. The van der Waals surface area contributed by atoms with Crippen molar-refractivity contribution >= 4 is 28.9 Å². The van der Waals surface area contributed by atoms with E-state index in [4.69, 9.17) is 17.5 Å². The predicted molar refractivity (Wildman–Crippen MR) is 95.4 cm³/mol. The number of nitrogens with zero attached hydrogens (tertiary/aromatic N) is 1. The zero-order valence-electron chi connectivity index (χ0n) is 13.0. The molecular formula is C18H17N3OS. The van der Waals surface area contributed by atoms with E-state index in [1.165, 1.54) is 5.56 Å². The van der Waals surface area contributed by atoms with Gasteiger partial charge in [-0.25, -0.2) is 0 Å². The lowest BCUT2D eigenvalue weighted by molar-refractivity contribution is 0.0977. The van der Waals surface area contributed by atoms with Crippen LogP contribution in [0.25, 0.3) is 0 Å². The summed E-state index contributed by atoms with van der Waals surface area (Å²) in [5, 5.41) is 14.7. The van der Waals surface area contributed by atoms with E-state index < -0.39 is 0 Å². The third-order valence-corrected chi connectivity index (χ3v) is 3.57. The van der Waals surface area contributed by atoms with Gasteiger partial charge in [-0.3, -0.25) is 10.1 Å². The average Bonchev–Trinajstić information content (AvgIpc) is 2.55. The minimum absolute atomic E-state index is 0.158. The van der Waals surface area contributed by atoms with Crippen molar-refractivity contribution in [3.63, 3.8) is 0 Å². The molecule has 0 atom stereocenters. The fourth-order valence-corrected chi connectivity index (χ4v) is 2.24. The monoisotopic (exact) mass is 323 g/mol. The molecule has 2 aromatic carbocycles. The minimum Gasteiger partial charge on any atom is -0.331 e. The SMILES string of the molecule is CC(C)c1ccc(C(=O)NC(=S)Nc2ccccc2C#N)cc1. The maximum Gasteiger partial charge on any atom is 0.257 e. The smallest absolute Gasteiger partial charge is 0.257 e. The molecule has 2 N–H and O–H groups in total. The maximum absolute atomic E-state index is 12.2. The van der Waals surface area contributed by atoms with E-state index in [0.29, 0.717) is 22.7 Å². The van der Waals surface area contributed by atoms with Crippen molar-refractivity contribution in [2.24, 2.45) is 0 Å². The first-order valence-corrected chi connectivity index (χ1v) is 7.63. The predicted octanol–water partition coefficient (Wildman–Crippen LogP) is 3.81. The minimum atomic E-state index is -0.285. The van der Waals surface area contributed by atoms with Crippen molar-refractivity contribution in [2.45, 2.75) is 19.8 Å². The van der Waals surface area contributed by atoms with Crippen LogP contribution in [0.15, 0.2) is 48.5 Å². The standard InChI is InChI=1S/C18H17N3OS/c1-12(2)13-7-9-14(10-8-13)17(22)21-18(23)20-16-6-4-3-5-15(16)11-19/h3-10,12H,1-2H3,(H2,20,21,22,23). The third-order valence-electron chi connectivity index (χ3n) is 3.36. The Balaban J connectivity index is 2.02. The summed E-state index contributed by atoms with van der Waals surface area (Å²) in [6.07, 6.45) is 0. The number of anilines is 1. The number of para-hydroxylation sites is 1. The first kappa shape index (κ1) is 16.7. The average molecular weight is 323 g/mol. The van der Waals surface area contributed by atoms with Gasteiger partial charge in [0.25, 0.3) is 5.91 Å². The van der Waals surface area contributed by atoms with E-state index in [0.717, 1.165) is 0 Å². The molecule has 0 radical (unpaired) electrons. The summed E-state index contributed by atoms with van der Waals surface area (Å²) in [4.78, 5) is 12.2. The quantitative estimate of drug-likeness (QED) is 0.843. The molecule has 0 bridgehead atoms. The summed E-state index contributed by atoms with van der Waals surface area (Å²) < 4.78 is 0. The number of amides is 1. The molecule has 0 unspecified atom stereocenters. The first-order chi connectivity index (χ1) is 11.0. The molecule has 0 saturated heterocycles. The van der Waals surface area contributed by atoms with Crippen LogP contribution in [0.1, 0.15) is 41.3 Å². The number of nitriles is 1. The molecule has 0 aromatic heterocycles. The third kappa shape index (κ3) is 4.38. The second-order valence-corrected chi connectivity index (χ2v) is 5.75. The topological polar surface area (TPSA) is 64.9 Å². The van der Waals surface area contributed by atoms with Crippen LogP contribution in [-0.2, 0) is 0 Å². The summed E-state index contributed by atoms with van der Waals surface area (Å²) in [6.45, 7) is 4.20. The van der Waals surface area contributed by atoms with Crippen molar-refractivity contribution in [1.82, 2.24) is 5.32 Å². The van der Waals surface area contributed by atoms with Gasteiger partial charge in [0.1, 0.15) is 6.07 Å². The number of hydrogen-bond donors (Lipinski definition) is 2. The Morgan fingerprint density at radius 1 is 1.13 bits per heavy atom. The van der Waals surface area contributed by atoms with Crippen molar-refractivity contribution in [3.05, 3.63) is 65.2 Å². The summed E-state index contributed by atoms with van der Waals surface area (Å²) in [5.74, 6) is 0.129. The van der Waals surface area contributed by atoms with E-state index in [1.54, 1.807) is 36.4 Å². The number of nitrogens with one attached hydrogen (secondary N) is 2. The van der Waals surface area contributed by atoms with E-state index in [-0.39, 0.29) is 11.0 Å². The molecule has 116 valence electrons. The number of hydrogen-bond acceptors (Lipinski definition) is 3. The fourth-order valence-electron chi connectivity index (χ4n) is 2.04. The van der Waals surface area contributed by atoms with Gasteiger partial charge < -0.3 is 5.32 Å². The molecule has 5 heteroatoms. The van der Waals surface area contributed by atoms with Crippen LogP contribution in [0.4, 0.5) is 5.69 Å². The van der Waals surface area contributed by atoms with Gasteiger partial charge in [0.05, 0.1) is 11.3 Å². The molecule has 0 heterocycles. The van der Waals surface area contributed by atoms with E-state index in [2.05, 4.69) is 30.6 Å². The zero-order chi connectivity index (χ0) is 16.8. The highest BCUT2D eigenvalue weighted by molar-refractivity contribution is 7.80. The molecule has 23 heavy (non-hydrogen) atoms. The largest absolute Gasteiger partial charge is 0.331 e. The second kappa shape index (κ2) is 7.52. The molecule has 0 saturated carbocycles. The van der Waals surface area contributed by atoms with Crippen molar-refractivity contribution in [3.8, 4) is 6.07 Å². The molecule has 0 aliphatic carbocycles. The van der Waals surface area contributed by atoms with Gasteiger partial charge in [0.2, 0.25) is 0 Å². The Hall–Kier alpha value is -2.71. The molecule has 1 amide bonds. The van der Waals surface area contributed by atoms with Crippen LogP contribution in [0.5, 0.6) is 0 Å². The Morgan fingerprint density at radius 2 is 1.78 bits per heavy atom. The van der Waals surface area contributed by atoms with Crippen LogP contribution < -0.4 is 10.6 Å². The van der Waals surface area contributed by atoms with Gasteiger partial charge in [-0.15, -0.1) is 0 Å². The van der Waals surface area contributed by atoms with Crippen molar-refractivity contribution in [2.75, 3.05) is 5.32 Å². The molecular weight excluding hydrogens is 306 g/mol. The van der Waals surface area contributed by atoms with E-state index in [9.17, 15) is 4.79 Å². The highest BCUT2D eigenvalue weighted by atomic mass is 32.1. The Labute approximate surface area is 141 Å². The molecule has 0 aliphatic rings. The lowest BCUT2D eigenvalue weighted by Crippen LogP contribution is -2.34. The van der Waals surface area contributed by atoms with Crippen LogP contribution in [0, 0.1) is 11.3 Å². The van der Waals surface area contributed by atoms with Crippen LogP contribution in [-0.4, -0.2) is 11.0 Å². The van der Waals surface area contributed by atoms with Gasteiger partial charge in [0, 0.05) is 5.56 Å². The summed E-state index contributed by atoms with van der Waals surface area (Å²) in [6, 6.07) is 16.4. The number of carbonyl (C=O) groups is 1. The number of thiocarbonyl (C=S) groups is 1. The molecule has 0 aliphatic heterocycles. The first-order valence-electron chi connectivity index (χ1n) is 7.22. The van der Waals surface area contributed by atoms with Crippen molar-refractivity contribution < 1.29 is 4.79 Å². The van der Waals surface area contributed by atoms with Crippen LogP contribution in [0.2, 0.25) is 0 Å². The van der Waals surface area contributed by atoms with E-state index in [1.807, 2.05) is 12.1 Å². The summed E-state index contributed by atoms with van der Waals surface area (Å²) in [7, 11) is 0. The number of benzene rings is 2. The maximum atomic E-state index is 12.2. The summed E-state index contributed by atoms with van der Waals surface area (Å²) in [5.41, 5.74) is 2.73. The van der Waals surface area contributed by atoms with Gasteiger partial charge in [-0.05, 0) is 48.0 Å². The highest BCUT2D eigenvalue weighted by Gasteiger charge is 2.10. The van der Waals surface area contributed by atoms with Crippen LogP contribution >= 0.6 is 12.2 Å². The molecule has 0 spiro atoms. The van der Waals surface area contributed by atoms with Gasteiger partial charge in [-0.1, -0.05) is 38.1 Å². The normalized spacial score (nSPS) is 10.0.